The van der Waals surface area contributed by atoms with Crippen LogP contribution in [0, 0.1) is 5.82 Å². The molecule has 2 aromatic carbocycles. The van der Waals surface area contributed by atoms with E-state index in [9.17, 15) is 4.39 Å². The molecule has 0 fully saturated rings. The van der Waals surface area contributed by atoms with Crippen molar-refractivity contribution < 1.29 is 4.39 Å². The summed E-state index contributed by atoms with van der Waals surface area (Å²) < 4.78 is 12.8. The van der Waals surface area contributed by atoms with Crippen molar-refractivity contribution in [3.63, 3.8) is 0 Å². The van der Waals surface area contributed by atoms with Crippen molar-refractivity contribution in [1.82, 2.24) is 0 Å². The van der Waals surface area contributed by atoms with Gasteiger partial charge in [0.25, 0.3) is 0 Å². The van der Waals surface area contributed by atoms with Gasteiger partial charge in [-0.1, -0.05) is 47.7 Å². The van der Waals surface area contributed by atoms with Crippen molar-refractivity contribution >= 4 is 35.4 Å². The first-order valence-electron chi connectivity index (χ1n) is 5.18. The lowest BCUT2D eigenvalue weighted by Crippen LogP contribution is -1.97. The molecule has 0 aliphatic rings. The molecular formula is C13H11ClFPS. The first-order valence-corrected chi connectivity index (χ1v) is 8.40. The van der Waals surface area contributed by atoms with Crippen LogP contribution in [-0.2, 0) is 18.0 Å². The summed E-state index contributed by atoms with van der Waals surface area (Å²) in [6.07, 6.45) is 0.850. The molecule has 1 unspecified atom stereocenters. The van der Waals surface area contributed by atoms with Gasteiger partial charge in [0.1, 0.15) is 5.82 Å². The molecule has 1 atom stereocenters. The Morgan fingerprint density at radius 1 is 1.00 bits per heavy atom. The molecule has 0 aromatic heterocycles. The lowest BCUT2D eigenvalue weighted by molar-refractivity contribution is 0.628. The highest BCUT2D eigenvalue weighted by Gasteiger charge is 2.02. The number of halogens is 2. The molecule has 88 valence electrons. The molecule has 0 aliphatic heterocycles. The summed E-state index contributed by atoms with van der Waals surface area (Å²) in [7, 11) is 0. The average molecular weight is 285 g/mol. The van der Waals surface area contributed by atoms with E-state index in [0.717, 1.165) is 16.5 Å². The van der Waals surface area contributed by atoms with Gasteiger partial charge >= 0.3 is 0 Å². The second kappa shape index (κ2) is 5.77. The van der Waals surface area contributed by atoms with Gasteiger partial charge in [0.2, 0.25) is 0 Å². The van der Waals surface area contributed by atoms with Crippen molar-refractivity contribution in [3.05, 3.63) is 64.9 Å². The van der Waals surface area contributed by atoms with Crippen LogP contribution < -0.4 is 5.30 Å². The molecule has 0 bridgehead atoms. The van der Waals surface area contributed by atoms with Gasteiger partial charge in [0.15, 0.2) is 0 Å². The van der Waals surface area contributed by atoms with E-state index in [0.29, 0.717) is 0 Å². The third-order valence-electron chi connectivity index (χ3n) is 2.44. The van der Waals surface area contributed by atoms with Gasteiger partial charge in [-0.25, -0.2) is 4.39 Å². The molecule has 2 rings (SSSR count). The molecule has 0 amide bonds. The zero-order valence-corrected chi connectivity index (χ0v) is 11.6. The average Bonchev–Trinajstić information content (AvgIpc) is 2.33. The van der Waals surface area contributed by atoms with Crippen molar-refractivity contribution in [2.75, 3.05) is 0 Å². The predicted molar refractivity (Wildman–Crippen MR) is 76.9 cm³/mol. The largest absolute Gasteiger partial charge is 0.207 e. The van der Waals surface area contributed by atoms with Crippen molar-refractivity contribution in [2.45, 2.75) is 6.16 Å². The summed E-state index contributed by atoms with van der Waals surface area (Å²) in [4.78, 5) is 0. The van der Waals surface area contributed by atoms with Gasteiger partial charge in [0.05, 0.1) is 0 Å². The minimum Gasteiger partial charge on any atom is -0.207 e. The monoisotopic (exact) mass is 284 g/mol. The molecule has 0 aliphatic carbocycles. The molecule has 2 aromatic rings. The highest BCUT2D eigenvalue weighted by molar-refractivity contribution is 8.08. The van der Waals surface area contributed by atoms with Gasteiger partial charge in [-0.2, -0.15) is 0 Å². The van der Waals surface area contributed by atoms with Crippen LogP contribution in [0.2, 0.25) is 5.02 Å². The lowest BCUT2D eigenvalue weighted by atomic mass is 10.2. The summed E-state index contributed by atoms with van der Waals surface area (Å²) in [6.45, 7) is -1.08. The van der Waals surface area contributed by atoms with E-state index in [1.807, 2.05) is 24.3 Å². The standard InChI is InChI=1S/C13H11ClFPS/c14-11-3-1-10(2-4-11)9-16(17)13-7-5-12(15)6-8-13/h1-8,16H,9H2. The van der Waals surface area contributed by atoms with Crippen LogP contribution in [0.5, 0.6) is 0 Å². The minimum atomic E-state index is -1.08. The maximum atomic E-state index is 12.8. The van der Waals surface area contributed by atoms with E-state index in [-0.39, 0.29) is 5.82 Å². The zero-order valence-electron chi connectivity index (χ0n) is 8.99. The smallest absolute Gasteiger partial charge is 0.123 e. The molecule has 0 saturated carbocycles. The van der Waals surface area contributed by atoms with Crippen LogP contribution in [0.25, 0.3) is 0 Å². The van der Waals surface area contributed by atoms with Crippen molar-refractivity contribution in [2.24, 2.45) is 0 Å². The highest BCUT2D eigenvalue weighted by atomic mass is 35.5. The Balaban J connectivity index is 2.11. The Hall–Kier alpha value is -0.690. The lowest BCUT2D eigenvalue weighted by Gasteiger charge is -2.05. The molecular weight excluding hydrogens is 274 g/mol. The fraction of sp³-hybridized carbons (Fsp3) is 0.0769. The Morgan fingerprint density at radius 2 is 1.59 bits per heavy atom. The van der Waals surface area contributed by atoms with Crippen molar-refractivity contribution in [1.29, 1.82) is 0 Å². The fourth-order valence-corrected chi connectivity index (χ4v) is 3.91. The number of rotatable bonds is 3. The Bertz CT molecular complexity index is 522. The predicted octanol–water partition coefficient (Wildman–Crippen LogP) is 3.98. The van der Waals surface area contributed by atoms with Gasteiger partial charge in [0, 0.05) is 11.2 Å². The van der Waals surface area contributed by atoms with Crippen molar-refractivity contribution in [3.8, 4) is 0 Å². The van der Waals surface area contributed by atoms with Crippen LogP contribution in [0.1, 0.15) is 5.56 Å². The second-order valence-corrected chi connectivity index (χ2v) is 7.43. The Kier molecular flexibility index (Phi) is 4.33. The number of hydrogen-bond donors (Lipinski definition) is 0. The molecule has 0 spiro atoms. The maximum Gasteiger partial charge on any atom is 0.123 e. The highest BCUT2D eigenvalue weighted by Crippen LogP contribution is 2.27. The normalized spacial score (nSPS) is 12.4. The quantitative estimate of drug-likeness (QED) is 0.768. The number of benzene rings is 2. The zero-order chi connectivity index (χ0) is 12.3. The molecule has 17 heavy (non-hydrogen) atoms. The topological polar surface area (TPSA) is 0 Å². The number of hydrogen-bond acceptors (Lipinski definition) is 1. The summed E-state index contributed by atoms with van der Waals surface area (Å²) in [5, 5.41) is 1.80. The Labute approximate surface area is 111 Å². The van der Waals surface area contributed by atoms with Crippen LogP contribution in [0.15, 0.2) is 48.5 Å². The molecule has 0 radical (unpaired) electrons. The van der Waals surface area contributed by atoms with E-state index < -0.39 is 6.70 Å². The summed E-state index contributed by atoms with van der Waals surface area (Å²) in [5.41, 5.74) is 1.18. The first-order chi connectivity index (χ1) is 8.15. The van der Waals surface area contributed by atoms with Crippen LogP contribution in [-0.4, -0.2) is 0 Å². The van der Waals surface area contributed by atoms with Crippen LogP contribution >= 0.6 is 18.3 Å². The van der Waals surface area contributed by atoms with Gasteiger partial charge in [-0.3, -0.25) is 0 Å². The fourth-order valence-electron chi connectivity index (χ4n) is 1.53. The van der Waals surface area contributed by atoms with Crippen LogP contribution in [0.4, 0.5) is 4.39 Å². The maximum absolute atomic E-state index is 12.8. The van der Waals surface area contributed by atoms with E-state index in [4.69, 9.17) is 23.4 Å². The summed E-state index contributed by atoms with van der Waals surface area (Å²) in [5.74, 6) is -0.218. The van der Waals surface area contributed by atoms with E-state index >= 15 is 0 Å². The molecule has 0 heterocycles. The first kappa shape index (κ1) is 12.8. The third kappa shape index (κ3) is 3.64. The molecule has 0 saturated heterocycles. The van der Waals surface area contributed by atoms with Gasteiger partial charge < -0.3 is 0 Å². The van der Waals surface area contributed by atoms with Gasteiger partial charge in [-0.05, 0) is 41.8 Å². The minimum absolute atomic E-state index is 0.218. The second-order valence-electron chi connectivity index (χ2n) is 3.73. The third-order valence-corrected chi connectivity index (χ3v) is 5.54. The SMILES string of the molecule is Fc1ccc([PH](=S)Cc2ccc(Cl)cc2)cc1. The summed E-state index contributed by atoms with van der Waals surface area (Å²) >= 11 is 11.3. The van der Waals surface area contributed by atoms with Gasteiger partial charge in [-0.15, -0.1) is 0 Å². The van der Waals surface area contributed by atoms with E-state index in [1.165, 1.54) is 17.7 Å². The summed E-state index contributed by atoms with van der Waals surface area (Å²) in [6, 6.07) is 14.2. The Morgan fingerprint density at radius 3 is 2.18 bits per heavy atom. The van der Waals surface area contributed by atoms with E-state index in [2.05, 4.69) is 0 Å². The van der Waals surface area contributed by atoms with Crippen LogP contribution in [0.3, 0.4) is 0 Å². The molecule has 0 N–H and O–H groups in total. The molecule has 4 heteroatoms. The van der Waals surface area contributed by atoms with E-state index in [1.54, 1.807) is 12.1 Å². The molecule has 0 nitrogen and oxygen atoms in total.